The van der Waals surface area contributed by atoms with Crippen LogP contribution in [0.2, 0.25) is 0 Å². The fourth-order valence-electron chi connectivity index (χ4n) is 2.01. The molecule has 1 N–H and O–H groups in total. The summed E-state index contributed by atoms with van der Waals surface area (Å²) in [6, 6.07) is 2.87. The molecule has 19 heavy (non-hydrogen) atoms. The monoisotopic (exact) mass is 295 g/mol. The fraction of sp³-hybridized carbons (Fsp3) is 0.500. The Bertz CT molecular complexity index is 479. The van der Waals surface area contributed by atoms with Crippen molar-refractivity contribution in [3.63, 3.8) is 0 Å². The van der Waals surface area contributed by atoms with Crippen LogP contribution in [0.15, 0.2) is 18.2 Å². The summed E-state index contributed by atoms with van der Waals surface area (Å²) in [6.07, 6.45) is -3.41. The van der Waals surface area contributed by atoms with E-state index in [9.17, 15) is 21.8 Å². The topological polar surface area (TPSA) is 29.1 Å². The van der Waals surface area contributed by atoms with Gasteiger partial charge in [-0.3, -0.25) is 4.21 Å². The maximum Gasteiger partial charge on any atom is 0.419 e. The fourth-order valence-corrected chi connectivity index (χ4v) is 3.31. The Morgan fingerprint density at radius 1 is 1.21 bits per heavy atom. The molecule has 1 heterocycles. The molecule has 0 aromatic heterocycles. The first-order valence-electron chi connectivity index (χ1n) is 5.84. The Morgan fingerprint density at radius 2 is 1.84 bits per heavy atom. The number of anilines is 1. The Balaban J connectivity index is 2.11. The van der Waals surface area contributed by atoms with E-state index in [1.165, 1.54) is 6.07 Å². The zero-order valence-electron chi connectivity index (χ0n) is 9.97. The molecule has 0 radical (unpaired) electrons. The van der Waals surface area contributed by atoms with E-state index >= 15 is 0 Å². The lowest BCUT2D eigenvalue weighted by atomic mass is 10.1. The van der Waals surface area contributed by atoms with Gasteiger partial charge in [-0.05, 0) is 31.0 Å². The standard InChI is InChI=1S/C12H13F4NOS/c13-11-2-1-9(7-10(11)12(14,15)16)17-8-3-5-19(18)6-4-8/h1-2,7-8,17H,3-6H2. The number of alkyl halides is 3. The van der Waals surface area contributed by atoms with Gasteiger partial charge >= 0.3 is 6.18 Å². The molecule has 0 bridgehead atoms. The van der Waals surface area contributed by atoms with Crippen LogP contribution in [-0.2, 0) is 17.0 Å². The normalized spacial score (nSPS) is 24.2. The van der Waals surface area contributed by atoms with Gasteiger partial charge in [0.05, 0.1) is 5.56 Å². The quantitative estimate of drug-likeness (QED) is 0.849. The van der Waals surface area contributed by atoms with Crippen LogP contribution < -0.4 is 5.32 Å². The summed E-state index contributed by atoms with van der Waals surface area (Å²) >= 11 is 0. The van der Waals surface area contributed by atoms with Crippen LogP contribution in [0.25, 0.3) is 0 Å². The first-order chi connectivity index (χ1) is 8.86. The molecule has 1 fully saturated rings. The van der Waals surface area contributed by atoms with E-state index < -0.39 is 28.4 Å². The van der Waals surface area contributed by atoms with Gasteiger partial charge in [0.1, 0.15) is 5.82 Å². The second-order valence-corrected chi connectivity index (χ2v) is 6.16. The summed E-state index contributed by atoms with van der Waals surface area (Å²) in [4.78, 5) is 0. The molecule has 0 atom stereocenters. The first-order valence-corrected chi connectivity index (χ1v) is 7.33. The van der Waals surface area contributed by atoms with Crippen LogP contribution in [0.4, 0.5) is 23.2 Å². The van der Waals surface area contributed by atoms with Crippen molar-refractivity contribution in [2.24, 2.45) is 0 Å². The Kier molecular flexibility index (Phi) is 4.13. The van der Waals surface area contributed by atoms with Gasteiger partial charge in [-0.15, -0.1) is 0 Å². The Hall–Kier alpha value is -1.11. The van der Waals surface area contributed by atoms with Crippen LogP contribution in [0, 0.1) is 5.82 Å². The Labute approximate surface area is 110 Å². The van der Waals surface area contributed by atoms with Crippen molar-refractivity contribution in [1.82, 2.24) is 0 Å². The lowest BCUT2D eigenvalue weighted by molar-refractivity contribution is -0.139. The zero-order valence-corrected chi connectivity index (χ0v) is 10.8. The molecular formula is C12H13F4NOS. The smallest absolute Gasteiger partial charge is 0.382 e. The number of benzene rings is 1. The van der Waals surface area contributed by atoms with Gasteiger partial charge in [-0.2, -0.15) is 13.2 Å². The highest BCUT2D eigenvalue weighted by atomic mass is 32.2. The number of hydrogen-bond donors (Lipinski definition) is 1. The van der Waals surface area contributed by atoms with Gasteiger partial charge in [-0.25, -0.2) is 4.39 Å². The highest BCUT2D eigenvalue weighted by molar-refractivity contribution is 7.85. The molecule has 1 aromatic rings. The van der Waals surface area contributed by atoms with Crippen molar-refractivity contribution < 1.29 is 21.8 Å². The summed E-state index contributed by atoms with van der Waals surface area (Å²) < 4.78 is 61.9. The maximum absolute atomic E-state index is 13.1. The summed E-state index contributed by atoms with van der Waals surface area (Å²) in [5, 5.41) is 2.94. The summed E-state index contributed by atoms with van der Waals surface area (Å²) in [5.74, 6) is -0.182. The van der Waals surface area contributed by atoms with E-state index in [2.05, 4.69) is 5.32 Å². The first kappa shape index (κ1) is 14.3. The van der Waals surface area contributed by atoms with E-state index in [-0.39, 0.29) is 11.7 Å². The van der Waals surface area contributed by atoms with Gasteiger partial charge in [0.25, 0.3) is 0 Å². The molecule has 2 nitrogen and oxygen atoms in total. The van der Waals surface area contributed by atoms with Gasteiger partial charge in [0, 0.05) is 34.0 Å². The molecular weight excluding hydrogens is 282 g/mol. The van der Waals surface area contributed by atoms with Crippen molar-refractivity contribution in [1.29, 1.82) is 0 Å². The molecule has 1 aromatic carbocycles. The third kappa shape index (κ3) is 3.68. The van der Waals surface area contributed by atoms with Crippen molar-refractivity contribution in [2.45, 2.75) is 25.1 Å². The lowest BCUT2D eigenvalue weighted by Crippen LogP contribution is -2.29. The summed E-state index contributed by atoms with van der Waals surface area (Å²) in [7, 11) is -0.821. The third-order valence-corrected chi connectivity index (χ3v) is 4.41. The molecule has 7 heteroatoms. The largest absolute Gasteiger partial charge is 0.419 e. The number of rotatable bonds is 2. The van der Waals surface area contributed by atoms with Crippen LogP contribution in [-0.4, -0.2) is 21.8 Å². The van der Waals surface area contributed by atoms with Gasteiger partial charge in [-0.1, -0.05) is 0 Å². The molecule has 106 valence electrons. The van der Waals surface area contributed by atoms with E-state index in [4.69, 9.17) is 0 Å². The highest BCUT2D eigenvalue weighted by Gasteiger charge is 2.34. The summed E-state index contributed by atoms with van der Waals surface area (Å²) in [5.41, 5.74) is -1.02. The zero-order chi connectivity index (χ0) is 14.0. The predicted molar refractivity (Wildman–Crippen MR) is 65.9 cm³/mol. The maximum atomic E-state index is 13.1. The minimum Gasteiger partial charge on any atom is -0.382 e. The van der Waals surface area contributed by atoms with Crippen molar-refractivity contribution in [2.75, 3.05) is 16.8 Å². The van der Waals surface area contributed by atoms with E-state index in [1.807, 2.05) is 0 Å². The van der Waals surface area contributed by atoms with Crippen molar-refractivity contribution >= 4 is 16.5 Å². The second kappa shape index (κ2) is 5.48. The molecule has 0 spiro atoms. The SMILES string of the molecule is O=S1CCC(Nc2ccc(F)c(C(F)(F)F)c2)CC1. The van der Waals surface area contributed by atoms with Gasteiger partial charge < -0.3 is 5.32 Å². The van der Waals surface area contributed by atoms with Crippen molar-refractivity contribution in [3.05, 3.63) is 29.6 Å². The predicted octanol–water partition coefficient (Wildman–Crippen LogP) is 3.17. The van der Waals surface area contributed by atoms with Gasteiger partial charge in [0.15, 0.2) is 0 Å². The molecule has 1 aliphatic rings. The van der Waals surface area contributed by atoms with Crippen LogP contribution >= 0.6 is 0 Å². The minimum atomic E-state index is -4.70. The second-order valence-electron chi connectivity index (χ2n) is 4.46. The van der Waals surface area contributed by atoms with Crippen molar-refractivity contribution in [3.8, 4) is 0 Å². The molecule has 0 saturated carbocycles. The van der Waals surface area contributed by atoms with E-state index in [1.54, 1.807) is 0 Å². The number of hydrogen-bond acceptors (Lipinski definition) is 2. The molecule has 0 aliphatic carbocycles. The third-order valence-electron chi connectivity index (χ3n) is 3.03. The van der Waals surface area contributed by atoms with Crippen LogP contribution in [0.5, 0.6) is 0 Å². The number of halogens is 4. The molecule has 1 aliphatic heterocycles. The molecule has 0 unspecified atom stereocenters. The van der Waals surface area contributed by atoms with Gasteiger partial charge in [0.2, 0.25) is 0 Å². The van der Waals surface area contributed by atoms with Crippen LogP contribution in [0.1, 0.15) is 18.4 Å². The Morgan fingerprint density at radius 3 is 2.42 bits per heavy atom. The summed E-state index contributed by atoms with van der Waals surface area (Å²) in [6.45, 7) is 0. The molecule has 1 saturated heterocycles. The lowest BCUT2D eigenvalue weighted by Gasteiger charge is -2.24. The highest BCUT2D eigenvalue weighted by Crippen LogP contribution is 2.33. The molecule has 0 amide bonds. The van der Waals surface area contributed by atoms with E-state index in [0.717, 1.165) is 12.1 Å². The van der Waals surface area contributed by atoms with E-state index in [0.29, 0.717) is 24.3 Å². The average Bonchev–Trinajstić information content (AvgIpc) is 2.33. The van der Waals surface area contributed by atoms with Crippen LogP contribution in [0.3, 0.4) is 0 Å². The average molecular weight is 295 g/mol. The molecule has 2 rings (SSSR count). The number of nitrogens with one attached hydrogen (secondary N) is 1. The minimum absolute atomic E-state index is 0.00996.